The van der Waals surface area contributed by atoms with Crippen molar-refractivity contribution >= 4 is 11.8 Å². The molecule has 0 bridgehead atoms. The van der Waals surface area contributed by atoms with Crippen LogP contribution in [0.25, 0.3) is 0 Å². The van der Waals surface area contributed by atoms with Gasteiger partial charge in [0.1, 0.15) is 0 Å². The molecule has 0 N–H and O–H groups in total. The number of thioether (sulfide) groups is 1. The predicted octanol–water partition coefficient (Wildman–Crippen LogP) is 1.89. The van der Waals surface area contributed by atoms with Gasteiger partial charge in [-0.25, -0.2) is 4.68 Å². The van der Waals surface area contributed by atoms with Gasteiger partial charge in [-0.15, -0.1) is 5.10 Å². The molecule has 6 heteroatoms. The summed E-state index contributed by atoms with van der Waals surface area (Å²) in [5, 5.41) is 13.7. The van der Waals surface area contributed by atoms with Crippen LogP contribution >= 0.6 is 11.8 Å². The van der Waals surface area contributed by atoms with E-state index in [-0.39, 0.29) is 0 Å². The maximum absolute atomic E-state index is 5.63. The fourth-order valence-corrected chi connectivity index (χ4v) is 3.72. The highest BCUT2D eigenvalue weighted by Gasteiger charge is 2.22. The Hall–Kier alpha value is -0.620. The van der Waals surface area contributed by atoms with Gasteiger partial charge in [-0.05, 0) is 36.1 Å². The minimum Gasteiger partial charge on any atom is -0.376 e. The lowest BCUT2D eigenvalue weighted by Crippen LogP contribution is -2.17. The zero-order chi connectivity index (χ0) is 11.5. The van der Waals surface area contributed by atoms with Crippen molar-refractivity contribution in [3.8, 4) is 0 Å². The molecule has 2 aliphatic rings. The van der Waals surface area contributed by atoms with Crippen LogP contribution in [0, 0.1) is 0 Å². The molecule has 1 unspecified atom stereocenters. The van der Waals surface area contributed by atoms with Crippen LogP contribution in [0.4, 0.5) is 0 Å². The van der Waals surface area contributed by atoms with E-state index in [9.17, 15) is 0 Å². The molecule has 1 aromatic heterocycles. The van der Waals surface area contributed by atoms with Crippen LogP contribution in [0.3, 0.4) is 0 Å². The lowest BCUT2D eigenvalue weighted by molar-refractivity contribution is 0.0911. The quantitative estimate of drug-likeness (QED) is 0.821. The Balaban J connectivity index is 1.61. The van der Waals surface area contributed by atoms with Gasteiger partial charge in [-0.1, -0.05) is 24.6 Å². The molecule has 0 radical (unpaired) electrons. The van der Waals surface area contributed by atoms with Gasteiger partial charge in [0.2, 0.25) is 5.16 Å². The summed E-state index contributed by atoms with van der Waals surface area (Å²) in [6.45, 7) is 1.69. The smallest absolute Gasteiger partial charge is 0.209 e. The molecule has 1 aliphatic carbocycles. The van der Waals surface area contributed by atoms with Gasteiger partial charge in [0.25, 0.3) is 0 Å². The number of tetrazole rings is 1. The Morgan fingerprint density at radius 1 is 1.24 bits per heavy atom. The van der Waals surface area contributed by atoms with E-state index in [0.29, 0.717) is 11.4 Å². The molecule has 0 amide bonds. The van der Waals surface area contributed by atoms with Crippen LogP contribution in [-0.2, 0) is 11.3 Å². The molecule has 1 aliphatic heterocycles. The number of ether oxygens (including phenoxy) is 1. The highest BCUT2D eigenvalue weighted by atomic mass is 32.2. The van der Waals surface area contributed by atoms with Gasteiger partial charge in [-0.2, -0.15) is 0 Å². The fourth-order valence-electron chi connectivity index (χ4n) is 2.53. The molecule has 0 aromatic carbocycles. The second-order valence-electron chi connectivity index (χ2n) is 4.80. The van der Waals surface area contributed by atoms with Crippen LogP contribution in [0.5, 0.6) is 0 Å². The van der Waals surface area contributed by atoms with E-state index in [0.717, 1.165) is 31.1 Å². The van der Waals surface area contributed by atoms with E-state index >= 15 is 0 Å². The van der Waals surface area contributed by atoms with E-state index < -0.39 is 0 Å². The molecule has 5 nitrogen and oxygen atoms in total. The SMILES string of the molecule is C1COC(Cn2nnnc2SC2CCCC2)C1. The summed E-state index contributed by atoms with van der Waals surface area (Å²) in [5.41, 5.74) is 0. The van der Waals surface area contributed by atoms with Gasteiger partial charge < -0.3 is 4.74 Å². The summed E-state index contributed by atoms with van der Waals surface area (Å²) in [5.74, 6) is 0. The fraction of sp³-hybridized carbons (Fsp3) is 0.909. The summed E-state index contributed by atoms with van der Waals surface area (Å²) in [6.07, 6.45) is 7.91. The topological polar surface area (TPSA) is 52.8 Å². The van der Waals surface area contributed by atoms with Crippen LogP contribution in [0.1, 0.15) is 38.5 Å². The molecule has 1 saturated heterocycles. The first-order valence-electron chi connectivity index (χ1n) is 6.46. The van der Waals surface area contributed by atoms with Crippen molar-refractivity contribution in [3.05, 3.63) is 0 Å². The zero-order valence-corrected chi connectivity index (χ0v) is 10.7. The van der Waals surface area contributed by atoms with E-state index in [1.165, 1.54) is 25.7 Å². The summed E-state index contributed by atoms with van der Waals surface area (Å²) in [6, 6.07) is 0. The van der Waals surface area contributed by atoms with Gasteiger partial charge in [0, 0.05) is 11.9 Å². The van der Waals surface area contributed by atoms with Crippen molar-refractivity contribution in [3.63, 3.8) is 0 Å². The summed E-state index contributed by atoms with van der Waals surface area (Å²) in [4.78, 5) is 0. The first-order valence-corrected chi connectivity index (χ1v) is 7.34. The van der Waals surface area contributed by atoms with Crippen LogP contribution < -0.4 is 0 Å². The maximum Gasteiger partial charge on any atom is 0.209 e. The third kappa shape index (κ3) is 2.80. The van der Waals surface area contributed by atoms with Crippen LogP contribution in [0.15, 0.2) is 5.16 Å². The third-order valence-electron chi connectivity index (χ3n) is 3.47. The molecular formula is C11H18N4OS. The average molecular weight is 254 g/mol. The lowest BCUT2D eigenvalue weighted by Gasteiger charge is -2.11. The van der Waals surface area contributed by atoms with Gasteiger partial charge in [-0.3, -0.25) is 0 Å². The Labute approximate surface area is 105 Å². The van der Waals surface area contributed by atoms with Gasteiger partial charge in [0.05, 0.1) is 12.6 Å². The third-order valence-corrected chi connectivity index (χ3v) is 4.78. The zero-order valence-electron chi connectivity index (χ0n) is 9.92. The highest BCUT2D eigenvalue weighted by molar-refractivity contribution is 7.99. The van der Waals surface area contributed by atoms with Crippen LogP contribution in [-0.4, -0.2) is 38.2 Å². The van der Waals surface area contributed by atoms with Crippen molar-refractivity contribution in [1.82, 2.24) is 20.2 Å². The Bertz CT molecular complexity index is 326. The number of hydrogen-bond acceptors (Lipinski definition) is 5. The highest BCUT2D eigenvalue weighted by Crippen LogP contribution is 2.33. The molecule has 0 spiro atoms. The molecule has 94 valence electrons. The van der Waals surface area contributed by atoms with Crippen molar-refractivity contribution in [1.29, 1.82) is 0 Å². The predicted molar refractivity (Wildman–Crippen MR) is 64.9 cm³/mol. The average Bonchev–Trinajstić information content (AvgIpc) is 3.04. The maximum atomic E-state index is 5.63. The molecule has 1 saturated carbocycles. The standard InChI is InChI=1S/C11H18N4OS/c1-2-6-10(5-1)17-11-12-13-14-15(11)8-9-4-3-7-16-9/h9-10H,1-8H2. The monoisotopic (exact) mass is 254 g/mol. The molecule has 2 fully saturated rings. The van der Waals surface area contributed by atoms with E-state index in [4.69, 9.17) is 4.74 Å². The number of rotatable bonds is 4. The minimum absolute atomic E-state index is 0.307. The Kier molecular flexibility index (Phi) is 3.61. The van der Waals surface area contributed by atoms with E-state index in [1.54, 1.807) is 0 Å². The number of aromatic nitrogens is 4. The summed E-state index contributed by atoms with van der Waals surface area (Å²) >= 11 is 1.84. The number of hydrogen-bond donors (Lipinski definition) is 0. The van der Waals surface area contributed by atoms with E-state index in [2.05, 4.69) is 15.5 Å². The first kappa shape index (κ1) is 11.5. The van der Waals surface area contributed by atoms with Crippen LogP contribution in [0.2, 0.25) is 0 Å². The minimum atomic E-state index is 0.307. The second kappa shape index (κ2) is 5.35. The summed E-state index contributed by atoms with van der Waals surface area (Å²) < 4.78 is 7.54. The Morgan fingerprint density at radius 2 is 2.12 bits per heavy atom. The molecule has 3 rings (SSSR count). The molecule has 1 aromatic rings. The Morgan fingerprint density at radius 3 is 2.88 bits per heavy atom. The van der Waals surface area contributed by atoms with Gasteiger partial charge in [0.15, 0.2) is 0 Å². The normalized spacial score (nSPS) is 25.8. The first-order chi connectivity index (χ1) is 8.42. The van der Waals surface area contributed by atoms with E-state index in [1.807, 2.05) is 16.4 Å². The molecule has 17 heavy (non-hydrogen) atoms. The largest absolute Gasteiger partial charge is 0.376 e. The van der Waals surface area contributed by atoms with Crippen molar-refractivity contribution in [2.75, 3.05) is 6.61 Å². The molecule has 2 heterocycles. The lowest BCUT2D eigenvalue weighted by atomic mass is 10.2. The second-order valence-corrected chi connectivity index (χ2v) is 6.07. The van der Waals surface area contributed by atoms with Gasteiger partial charge >= 0.3 is 0 Å². The molecule has 1 atom stereocenters. The number of nitrogens with zero attached hydrogens (tertiary/aromatic N) is 4. The van der Waals surface area contributed by atoms with Crippen molar-refractivity contribution in [2.24, 2.45) is 0 Å². The summed E-state index contributed by atoms with van der Waals surface area (Å²) in [7, 11) is 0. The molecular weight excluding hydrogens is 236 g/mol. The van der Waals surface area contributed by atoms with Crippen molar-refractivity contribution < 1.29 is 4.74 Å². The van der Waals surface area contributed by atoms with Crippen molar-refractivity contribution in [2.45, 2.75) is 61.6 Å².